The molecule has 0 spiro atoms. The van der Waals surface area contributed by atoms with Gasteiger partial charge < -0.3 is 34.6 Å². The summed E-state index contributed by atoms with van der Waals surface area (Å²) in [7, 11) is 1.33. The number of alkyl carbamates (subject to hydrolysis) is 1. The molecule has 12 heteroatoms. The fourth-order valence-corrected chi connectivity index (χ4v) is 2.94. The molecule has 1 unspecified atom stereocenters. The molecule has 0 radical (unpaired) electrons. The molecule has 0 aliphatic carbocycles. The van der Waals surface area contributed by atoms with Crippen molar-refractivity contribution in [1.29, 1.82) is 0 Å². The molecule has 4 amide bonds. The Bertz CT molecular complexity index is 643. The maximum Gasteiger partial charge on any atom is 0.434 e. The van der Waals surface area contributed by atoms with Crippen molar-refractivity contribution in [3.05, 3.63) is 0 Å². The molecule has 2 aliphatic rings. The number of methoxy groups -OCH3 is 1. The average Bonchev–Trinajstić information content (AvgIpc) is 2.85. The molecule has 0 aromatic heterocycles. The predicted molar refractivity (Wildman–Crippen MR) is 102 cm³/mol. The highest BCUT2D eigenvalue weighted by Gasteiger charge is 2.32. The van der Waals surface area contributed by atoms with E-state index in [2.05, 4.69) is 10.6 Å². The minimum absolute atomic E-state index is 0.0868. The van der Waals surface area contributed by atoms with Crippen LogP contribution in [-0.4, -0.2) is 85.9 Å². The van der Waals surface area contributed by atoms with Crippen molar-refractivity contribution in [2.75, 3.05) is 40.1 Å². The van der Waals surface area contributed by atoms with Crippen molar-refractivity contribution < 1.29 is 38.2 Å². The Morgan fingerprint density at radius 3 is 2.50 bits per heavy atom. The highest BCUT2D eigenvalue weighted by atomic mass is 16.8. The summed E-state index contributed by atoms with van der Waals surface area (Å²) in [5.41, 5.74) is -0.635. The van der Waals surface area contributed by atoms with Gasteiger partial charge in [0.05, 0.1) is 25.7 Å². The second-order valence-corrected chi connectivity index (χ2v) is 8.05. The number of hydrogen-bond donors (Lipinski definition) is 2. The molecular formula is C18H30N4O8. The number of piperidine rings is 1. The zero-order valence-corrected chi connectivity index (χ0v) is 17.8. The Balaban J connectivity index is 1.78. The number of esters is 1. The van der Waals surface area contributed by atoms with E-state index in [4.69, 9.17) is 19.0 Å². The molecule has 2 aliphatic heterocycles. The van der Waals surface area contributed by atoms with Crippen LogP contribution in [-0.2, 0) is 23.8 Å². The maximum atomic E-state index is 12.3. The van der Waals surface area contributed by atoms with Crippen LogP contribution in [0, 0.1) is 5.92 Å². The summed E-state index contributed by atoms with van der Waals surface area (Å²) >= 11 is 0. The third-order valence-corrected chi connectivity index (χ3v) is 4.45. The van der Waals surface area contributed by atoms with Crippen LogP contribution in [0.25, 0.3) is 0 Å². The van der Waals surface area contributed by atoms with Gasteiger partial charge in [-0.15, -0.1) is 5.06 Å². The van der Waals surface area contributed by atoms with Crippen molar-refractivity contribution in [1.82, 2.24) is 20.6 Å². The first-order valence-electron chi connectivity index (χ1n) is 9.76. The number of hydrogen-bond acceptors (Lipinski definition) is 8. The summed E-state index contributed by atoms with van der Waals surface area (Å²) in [6.45, 7) is 5.81. The van der Waals surface area contributed by atoms with Crippen LogP contribution in [0.15, 0.2) is 0 Å². The number of ether oxygens (including phenoxy) is 3. The largest absolute Gasteiger partial charge is 0.469 e. The molecule has 0 aromatic rings. The molecule has 0 saturated carbocycles. The maximum absolute atomic E-state index is 12.3. The molecule has 170 valence electrons. The Labute approximate surface area is 175 Å². The predicted octanol–water partition coefficient (Wildman–Crippen LogP) is 0.816. The number of carbonyl (C=O) groups is 4. The molecule has 1 atom stereocenters. The number of amides is 4. The van der Waals surface area contributed by atoms with Gasteiger partial charge in [0.2, 0.25) is 0 Å². The van der Waals surface area contributed by atoms with Crippen LogP contribution in [0.1, 0.15) is 33.6 Å². The van der Waals surface area contributed by atoms with E-state index in [0.717, 1.165) is 5.06 Å². The van der Waals surface area contributed by atoms with Crippen molar-refractivity contribution in [3.8, 4) is 0 Å². The van der Waals surface area contributed by atoms with E-state index in [9.17, 15) is 19.2 Å². The second-order valence-electron chi connectivity index (χ2n) is 8.05. The van der Waals surface area contributed by atoms with Crippen molar-refractivity contribution in [2.45, 2.75) is 45.3 Å². The van der Waals surface area contributed by atoms with Crippen LogP contribution in [0.2, 0.25) is 0 Å². The lowest BCUT2D eigenvalue weighted by Gasteiger charge is -2.31. The molecule has 0 bridgehead atoms. The van der Waals surface area contributed by atoms with Crippen LogP contribution in [0.5, 0.6) is 0 Å². The molecule has 0 aromatic carbocycles. The molecule has 2 fully saturated rings. The van der Waals surface area contributed by atoms with Crippen LogP contribution < -0.4 is 10.6 Å². The van der Waals surface area contributed by atoms with Gasteiger partial charge in [0, 0.05) is 19.6 Å². The second kappa shape index (κ2) is 10.3. The molecule has 2 heterocycles. The number of urea groups is 1. The van der Waals surface area contributed by atoms with Gasteiger partial charge in [0.15, 0.2) is 6.73 Å². The highest BCUT2D eigenvalue weighted by molar-refractivity contribution is 5.77. The van der Waals surface area contributed by atoms with Gasteiger partial charge in [-0.1, -0.05) is 0 Å². The number of hydroxylamine groups is 2. The van der Waals surface area contributed by atoms with Crippen molar-refractivity contribution >= 4 is 24.2 Å². The normalized spacial score (nSPS) is 20.7. The lowest BCUT2D eigenvalue weighted by molar-refractivity contribution is -0.148. The van der Waals surface area contributed by atoms with E-state index in [-0.39, 0.29) is 31.8 Å². The van der Waals surface area contributed by atoms with E-state index in [1.807, 2.05) is 0 Å². The van der Waals surface area contributed by atoms with Gasteiger partial charge in [-0.05, 0) is 33.6 Å². The topological polar surface area (TPSA) is 136 Å². The number of likely N-dealkylation sites (tertiary alicyclic amines) is 1. The zero-order valence-electron chi connectivity index (χ0n) is 17.8. The van der Waals surface area contributed by atoms with Gasteiger partial charge in [0.1, 0.15) is 5.60 Å². The van der Waals surface area contributed by atoms with Crippen LogP contribution >= 0.6 is 0 Å². The lowest BCUT2D eigenvalue weighted by Crippen LogP contribution is -2.50. The number of nitrogens with one attached hydrogen (secondary N) is 2. The zero-order chi connectivity index (χ0) is 22.3. The summed E-state index contributed by atoms with van der Waals surface area (Å²) in [5.74, 6) is -0.545. The summed E-state index contributed by atoms with van der Waals surface area (Å²) in [6, 6.07) is -1.19. The molecule has 2 saturated heterocycles. The minimum atomic E-state index is -0.706. The van der Waals surface area contributed by atoms with E-state index < -0.39 is 29.9 Å². The van der Waals surface area contributed by atoms with Crippen LogP contribution in [0.3, 0.4) is 0 Å². The van der Waals surface area contributed by atoms with Gasteiger partial charge in [-0.3, -0.25) is 4.79 Å². The first-order chi connectivity index (χ1) is 14.1. The summed E-state index contributed by atoms with van der Waals surface area (Å²) in [6.07, 6.45) is -0.395. The Morgan fingerprint density at radius 1 is 1.23 bits per heavy atom. The standard InChI is InChI=1S/C18H30N4O8/c1-18(2,3)29-16(25)19-9-13-10-28-11-22(15(24)20-13)30-17(26)21-7-5-12(6-8-21)14(23)27-4/h12-13H,5-11H2,1-4H3,(H,19,25)(H,20,24). The minimum Gasteiger partial charge on any atom is -0.469 e. The smallest absolute Gasteiger partial charge is 0.434 e. The number of rotatable bonds is 4. The third kappa shape index (κ3) is 7.25. The monoisotopic (exact) mass is 430 g/mol. The Morgan fingerprint density at radius 2 is 1.90 bits per heavy atom. The SMILES string of the molecule is COC(=O)C1CCN(C(=O)ON2COCC(CNC(=O)OC(C)(C)C)NC2=O)CC1. The van der Waals surface area contributed by atoms with Crippen molar-refractivity contribution in [2.24, 2.45) is 5.92 Å². The Hall–Kier alpha value is -2.76. The average molecular weight is 430 g/mol. The third-order valence-electron chi connectivity index (χ3n) is 4.45. The van der Waals surface area contributed by atoms with E-state index in [1.165, 1.54) is 12.0 Å². The summed E-state index contributed by atoms with van der Waals surface area (Å²) < 4.78 is 15.2. The fourth-order valence-electron chi connectivity index (χ4n) is 2.94. The number of nitrogens with zero attached hydrogens (tertiary/aromatic N) is 2. The van der Waals surface area contributed by atoms with Gasteiger partial charge >= 0.3 is 24.2 Å². The molecule has 12 nitrogen and oxygen atoms in total. The van der Waals surface area contributed by atoms with Crippen molar-refractivity contribution in [3.63, 3.8) is 0 Å². The lowest BCUT2D eigenvalue weighted by atomic mass is 9.97. The quantitative estimate of drug-likeness (QED) is 0.626. The number of carbonyl (C=O) groups excluding carboxylic acids is 4. The van der Waals surface area contributed by atoms with Gasteiger partial charge in [-0.25, -0.2) is 14.4 Å². The molecule has 2 rings (SSSR count). The first kappa shape index (κ1) is 23.5. The molecule has 2 N–H and O–H groups in total. The van der Waals surface area contributed by atoms with Gasteiger partial charge in [0.25, 0.3) is 0 Å². The van der Waals surface area contributed by atoms with Gasteiger partial charge in [-0.2, -0.15) is 0 Å². The van der Waals surface area contributed by atoms with E-state index >= 15 is 0 Å². The van der Waals surface area contributed by atoms with E-state index in [1.54, 1.807) is 20.8 Å². The highest BCUT2D eigenvalue weighted by Crippen LogP contribution is 2.19. The fraction of sp³-hybridized carbons (Fsp3) is 0.778. The molecule has 30 heavy (non-hydrogen) atoms. The first-order valence-corrected chi connectivity index (χ1v) is 9.76. The molecular weight excluding hydrogens is 400 g/mol. The summed E-state index contributed by atoms with van der Waals surface area (Å²) in [4.78, 5) is 54.5. The van der Waals surface area contributed by atoms with Crippen LogP contribution in [0.4, 0.5) is 14.4 Å². The summed E-state index contributed by atoms with van der Waals surface area (Å²) in [5, 5.41) is 5.95. The van der Waals surface area contributed by atoms with E-state index in [0.29, 0.717) is 25.9 Å². The Kier molecular flexibility index (Phi) is 8.09.